The molecule has 0 spiro atoms. The molecule has 0 fully saturated rings. The first-order chi connectivity index (χ1) is 8.31. The smallest absolute Gasteiger partial charge is 0.367 e. The summed E-state index contributed by atoms with van der Waals surface area (Å²) in [4.78, 5) is 0. The van der Waals surface area contributed by atoms with Crippen molar-refractivity contribution >= 4 is 0 Å². The highest BCUT2D eigenvalue weighted by Crippen LogP contribution is 2.25. The maximum absolute atomic E-state index is 12.2. The number of benzene rings is 1. The molecule has 0 aliphatic heterocycles. The maximum atomic E-state index is 12.2. The van der Waals surface area contributed by atoms with E-state index in [9.17, 15) is 13.2 Å². The Morgan fingerprint density at radius 3 is 2.17 bits per heavy atom. The van der Waals surface area contributed by atoms with Crippen molar-refractivity contribution in [3.63, 3.8) is 0 Å². The van der Waals surface area contributed by atoms with Crippen LogP contribution in [0.15, 0.2) is 30.3 Å². The molecule has 0 amide bonds. The molecule has 0 heterocycles. The summed E-state index contributed by atoms with van der Waals surface area (Å²) < 4.78 is 41.5. The standard InChI is InChI=1S/C13H18F3NO/c1-9(2)12(18-8-13(14,15)16)11(17)10-6-4-3-5-7-10/h3-7,9,11-12H,8,17H2,1-2H3. The van der Waals surface area contributed by atoms with Crippen LogP contribution < -0.4 is 5.73 Å². The van der Waals surface area contributed by atoms with E-state index in [1.165, 1.54) is 0 Å². The number of ether oxygens (including phenoxy) is 1. The minimum Gasteiger partial charge on any atom is -0.367 e. The zero-order valence-corrected chi connectivity index (χ0v) is 10.4. The number of hydrogen-bond donors (Lipinski definition) is 1. The second-order valence-corrected chi connectivity index (χ2v) is 4.57. The summed E-state index contributed by atoms with van der Waals surface area (Å²) in [7, 11) is 0. The van der Waals surface area contributed by atoms with E-state index in [0.29, 0.717) is 0 Å². The molecule has 0 aliphatic carbocycles. The summed E-state index contributed by atoms with van der Waals surface area (Å²) in [6.07, 6.45) is -4.99. The van der Waals surface area contributed by atoms with E-state index in [-0.39, 0.29) is 5.92 Å². The molecule has 0 saturated carbocycles. The number of alkyl halides is 3. The fourth-order valence-corrected chi connectivity index (χ4v) is 1.77. The monoisotopic (exact) mass is 261 g/mol. The largest absolute Gasteiger partial charge is 0.411 e. The zero-order valence-electron chi connectivity index (χ0n) is 10.4. The molecule has 0 aromatic heterocycles. The van der Waals surface area contributed by atoms with E-state index in [0.717, 1.165) is 5.56 Å². The number of hydrogen-bond acceptors (Lipinski definition) is 2. The van der Waals surface area contributed by atoms with E-state index in [4.69, 9.17) is 10.5 Å². The molecule has 1 aromatic carbocycles. The number of rotatable bonds is 5. The first kappa shape index (κ1) is 15.0. The van der Waals surface area contributed by atoms with Crippen molar-refractivity contribution in [2.45, 2.75) is 32.2 Å². The van der Waals surface area contributed by atoms with E-state index in [1.54, 1.807) is 38.1 Å². The van der Waals surface area contributed by atoms with E-state index < -0.39 is 24.9 Å². The SMILES string of the molecule is CC(C)C(OCC(F)(F)F)C(N)c1ccccc1. The fourth-order valence-electron chi connectivity index (χ4n) is 1.77. The van der Waals surface area contributed by atoms with Crippen LogP contribution in [0.2, 0.25) is 0 Å². The zero-order chi connectivity index (χ0) is 13.8. The Bertz CT molecular complexity index is 351. The van der Waals surface area contributed by atoms with E-state index in [1.807, 2.05) is 6.07 Å². The Hall–Kier alpha value is -1.07. The number of nitrogens with two attached hydrogens (primary N) is 1. The predicted molar refractivity (Wildman–Crippen MR) is 64.0 cm³/mol. The summed E-state index contributed by atoms with van der Waals surface area (Å²) in [5.41, 5.74) is 6.75. The Kier molecular flexibility index (Phi) is 5.16. The van der Waals surface area contributed by atoms with Gasteiger partial charge in [0.2, 0.25) is 0 Å². The summed E-state index contributed by atoms with van der Waals surface area (Å²) in [5.74, 6) is -0.0949. The van der Waals surface area contributed by atoms with E-state index >= 15 is 0 Å². The normalized spacial score (nSPS) is 15.7. The Balaban J connectivity index is 2.73. The highest BCUT2D eigenvalue weighted by molar-refractivity contribution is 5.19. The van der Waals surface area contributed by atoms with E-state index in [2.05, 4.69) is 0 Å². The van der Waals surface area contributed by atoms with Gasteiger partial charge < -0.3 is 10.5 Å². The molecule has 2 atom stereocenters. The molecule has 2 N–H and O–H groups in total. The molecule has 2 nitrogen and oxygen atoms in total. The van der Waals surface area contributed by atoms with Crippen molar-refractivity contribution < 1.29 is 17.9 Å². The highest BCUT2D eigenvalue weighted by Gasteiger charge is 2.32. The van der Waals surface area contributed by atoms with Crippen molar-refractivity contribution in [1.82, 2.24) is 0 Å². The van der Waals surface area contributed by atoms with Crippen LogP contribution in [0.25, 0.3) is 0 Å². The van der Waals surface area contributed by atoms with Crippen LogP contribution in [0.1, 0.15) is 25.5 Å². The Labute approximate surface area is 105 Å². The topological polar surface area (TPSA) is 35.2 Å². The van der Waals surface area contributed by atoms with Crippen LogP contribution in [0, 0.1) is 5.92 Å². The quantitative estimate of drug-likeness (QED) is 0.882. The Morgan fingerprint density at radius 1 is 1.17 bits per heavy atom. The summed E-state index contributed by atoms with van der Waals surface area (Å²) in [6, 6.07) is 8.45. The predicted octanol–water partition coefficient (Wildman–Crippen LogP) is 3.29. The molecule has 5 heteroatoms. The van der Waals surface area contributed by atoms with Gasteiger partial charge >= 0.3 is 6.18 Å². The second-order valence-electron chi connectivity index (χ2n) is 4.57. The summed E-state index contributed by atoms with van der Waals surface area (Å²) in [6.45, 7) is 2.32. The molecule has 1 rings (SSSR count). The van der Waals surface area contributed by atoms with Gasteiger partial charge in [-0.25, -0.2) is 0 Å². The number of halogens is 3. The first-order valence-electron chi connectivity index (χ1n) is 5.80. The highest BCUT2D eigenvalue weighted by atomic mass is 19.4. The minimum absolute atomic E-state index is 0.0949. The van der Waals surface area contributed by atoms with Gasteiger partial charge in [0.05, 0.1) is 12.1 Å². The van der Waals surface area contributed by atoms with Crippen molar-refractivity contribution in [2.75, 3.05) is 6.61 Å². The van der Waals surface area contributed by atoms with Gasteiger partial charge in [0, 0.05) is 0 Å². The lowest BCUT2D eigenvalue weighted by atomic mass is 9.94. The molecule has 2 unspecified atom stereocenters. The molecule has 0 radical (unpaired) electrons. The third kappa shape index (κ3) is 4.66. The summed E-state index contributed by atoms with van der Waals surface area (Å²) >= 11 is 0. The molecule has 0 saturated heterocycles. The minimum atomic E-state index is -4.33. The average Bonchev–Trinajstić information content (AvgIpc) is 2.28. The van der Waals surface area contributed by atoms with Gasteiger partial charge in [-0.2, -0.15) is 13.2 Å². The van der Waals surface area contributed by atoms with Gasteiger partial charge in [0.25, 0.3) is 0 Å². The van der Waals surface area contributed by atoms with Gasteiger partial charge in [0.1, 0.15) is 6.61 Å². The van der Waals surface area contributed by atoms with Crippen LogP contribution in [0.3, 0.4) is 0 Å². The van der Waals surface area contributed by atoms with Crippen LogP contribution in [0.5, 0.6) is 0 Å². The summed E-state index contributed by atoms with van der Waals surface area (Å²) in [5, 5.41) is 0. The molecule has 1 aromatic rings. The third-order valence-corrected chi connectivity index (χ3v) is 2.63. The second kappa shape index (κ2) is 6.20. The third-order valence-electron chi connectivity index (χ3n) is 2.63. The van der Waals surface area contributed by atoms with Gasteiger partial charge in [-0.1, -0.05) is 44.2 Å². The first-order valence-corrected chi connectivity index (χ1v) is 5.80. The fraction of sp³-hybridized carbons (Fsp3) is 0.538. The lowest BCUT2D eigenvalue weighted by molar-refractivity contribution is -0.191. The van der Waals surface area contributed by atoms with Crippen LogP contribution in [-0.2, 0) is 4.74 Å². The van der Waals surface area contributed by atoms with Crippen molar-refractivity contribution in [3.8, 4) is 0 Å². The Morgan fingerprint density at radius 2 is 1.72 bits per heavy atom. The molecular formula is C13H18F3NO. The lowest BCUT2D eigenvalue weighted by Gasteiger charge is -2.28. The van der Waals surface area contributed by atoms with Crippen molar-refractivity contribution in [3.05, 3.63) is 35.9 Å². The molecule has 18 heavy (non-hydrogen) atoms. The van der Waals surface area contributed by atoms with Gasteiger partial charge in [-0.05, 0) is 11.5 Å². The van der Waals surface area contributed by atoms with Crippen molar-refractivity contribution in [1.29, 1.82) is 0 Å². The lowest BCUT2D eigenvalue weighted by Crippen LogP contribution is -2.36. The van der Waals surface area contributed by atoms with Gasteiger partial charge in [-0.15, -0.1) is 0 Å². The van der Waals surface area contributed by atoms with Gasteiger partial charge in [0.15, 0.2) is 0 Å². The van der Waals surface area contributed by atoms with Crippen molar-refractivity contribution in [2.24, 2.45) is 11.7 Å². The van der Waals surface area contributed by atoms with Gasteiger partial charge in [-0.3, -0.25) is 0 Å². The molecule has 102 valence electrons. The van der Waals surface area contributed by atoms with Crippen LogP contribution >= 0.6 is 0 Å². The molecule has 0 bridgehead atoms. The van der Waals surface area contributed by atoms with Crippen LogP contribution in [-0.4, -0.2) is 18.9 Å². The average molecular weight is 261 g/mol. The van der Waals surface area contributed by atoms with Crippen LogP contribution in [0.4, 0.5) is 13.2 Å². The molecule has 0 aliphatic rings. The maximum Gasteiger partial charge on any atom is 0.411 e. The molecular weight excluding hydrogens is 243 g/mol.